The second kappa shape index (κ2) is 5.75. The molecule has 0 spiro atoms. The van der Waals surface area contributed by atoms with Gasteiger partial charge >= 0.3 is 0 Å². The van der Waals surface area contributed by atoms with Crippen molar-refractivity contribution in [3.63, 3.8) is 0 Å². The number of piperazine rings is 1. The first kappa shape index (κ1) is 13.3. The lowest BCUT2D eigenvalue weighted by Gasteiger charge is -2.46. The number of hydrogen-bond acceptors (Lipinski definition) is 3. The Kier molecular flexibility index (Phi) is 4.03. The van der Waals surface area contributed by atoms with Gasteiger partial charge in [-0.05, 0) is 18.2 Å². The molecule has 2 fully saturated rings. The summed E-state index contributed by atoms with van der Waals surface area (Å²) in [4.78, 5) is 4.81. The molecule has 3 nitrogen and oxygen atoms in total. The lowest BCUT2D eigenvalue weighted by atomic mass is 10.0. The fourth-order valence-corrected chi connectivity index (χ4v) is 3.05. The number of hydrogen-bond donors (Lipinski definition) is 1. The Labute approximate surface area is 118 Å². The summed E-state index contributed by atoms with van der Waals surface area (Å²) in [6.45, 7) is 7.15. The summed E-state index contributed by atoms with van der Waals surface area (Å²) in [5, 5.41) is 3.97. The third-order valence-corrected chi connectivity index (χ3v) is 4.24. The Morgan fingerprint density at radius 3 is 2.74 bits per heavy atom. The third kappa shape index (κ3) is 3.08. The van der Waals surface area contributed by atoms with Gasteiger partial charge in [-0.2, -0.15) is 0 Å². The molecule has 2 aliphatic heterocycles. The number of nitrogens with zero attached hydrogens (tertiary/aromatic N) is 2. The SMILES string of the molecule is Fc1ccc(Cl)cc1CN1CC(N2CCNCC2)C1. The molecule has 2 saturated heterocycles. The lowest BCUT2D eigenvalue weighted by Crippen LogP contribution is -2.62. The van der Waals surface area contributed by atoms with Gasteiger partial charge in [0.1, 0.15) is 5.82 Å². The summed E-state index contributed by atoms with van der Waals surface area (Å²) in [6, 6.07) is 5.42. The van der Waals surface area contributed by atoms with Crippen molar-refractivity contribution >= 4 is 11.6 Å². The summed E-state index contributed by atoms with van der Waals surface area (Å²) >= 11 is 5.91. The summed E-state index contributed by atoms with van der Waals surface area (Å²) < 4.78 is 13.6. The van der Waals surface area contributed by atoms with E-state index in [1.807, 2.05) is 0 Å². The van der Waals surface area contributed by atoms with E-state index >= 15 is 0 Å². The van der Waals surface area contributed by atoms with Gasteiger partial charge in [-0.25, -0.2) is 4.39 Å². The van der Waals surface area contributed by atoms with Gasteiger partial charge in [0.15, 0.2) is 0 Å². The smallest absolute Gasteiger partial charge is 0.127 e. The van der Waals surface area contributed by atoms with Crippen LogP contribution in [0.3, 0.4) is 0 Å². The molecule has 1 aromatic carbocycles. The normalized spacial score (nSPS) is 22.4. The van der Waals surface area contributed by atoms with E-state index < -0.39 is 0 Å². The second-order valence-corrected chi connectivity index (χ2v) is 5.81. The average molecular weight is 284 g/mol. The Balaban J connectivity index is 1.52. The van der Waals surface area contributed by atoms with Gasteiger partial charge in [0.25, 0.3) is 0 Å². The number of halogens is 2. The molecule has 0 radical (unpaired) electrons. The van der Waals surface area contributed by atoms with Gasteiger partial charge in [-0.1, -0.05) is 11.6 Å². The highest BCUT2D eigenvalue weighted by atomic mass is 35.5. The summed E-state index contributed by atoms with van der Waals surface area (Å²) in [5.41, 5.74) is 0.700. The zero-order valence-corrected chi connectivity index (χ0v) is 11.7. The molecule has 0 unspecified atom stereocenters. The van der Waals surface area contributed by atoms with Crippen molar-refractivity contribution in [1.82, 2.24) is 15.1 Å². The van der Waals surface area contributed by atoms with Crippen molar-refractivity contribution in [3.05, 3.63) is 34.6 Å². The van der Waals surface area contributed by atoms with Gasteiger partial charge in [0.05, 0.1) is 0 Å². The van der Waals surface area contributed by atoms with Crippen LogP contribution in [0.5, 0.6) is 0 Å². The van der Waals surface area contributed by atoms with E-state index in [-0.39, 0.29) is 5.82 Å². The highest BCUT2D eigenvalue weighted by Crippen LogP contribution is 2.21. The van der Waals surface area contributed by atoms with Crippen molar-refractivity contribution in [2.24, 2.45) is 0 Å². The minimum Gasteiger partial charge on any atom is -0.314 e. The number of likely N-dealkylation sites (tertiary alicyclic amines) is 1. The number of rotatable bonds is 3. The van der Waals surface area contributed by atoms with E-state index in [1.165, 1.54) is 6.07 Å². The topological polar surface area (TPSA) is 18.5 Å². The molecule has 2 heterocycles. The maximum absolute atomic E-state index is 13.6. The highest BCUT2D eigenvalue weighted by molar-refractivity contribution is 6.30. The first-order chi connectivity index (χ1) is 9.22. The van der Waals surface area contributed by atoms with Crippen molar-refractivity contribution in [2.45, 2.75) is 12.6 Å². The average Bonchev–Trinajstić information content (AvgIpc) is 2.38. The van der Waals surface area contributed by atoms with Gasteiger partial charge in [0, 0.05) is 62.4 Å². The lowest BCUT2D eigenvalue weighted by molar-refractivity contribution is 0.0217. The van der Waals surface area contributed by atoms with Crippen LogP contribution in [0.1, 0.15) is 5.56 Å². The van der Waals surface area contributed by atoms with Gasteiger partial charge in [0.2, 0.25) is 0 Å². The summed E-state index contributed by atoms with van der Waals surface area (Å²) in [7, 11) is 0. The Morgan fingerprint density at radius 1 is 1.26 bits per heavy atom. The van der Waals surface area contributed by atoms with E-state index in [1.54, 1.807) is 12.1 Å². The quantitative estimate of drug-likeness (QED) is 0.908. The fraction of sp³-hybridized carbons (Fsp3) is 0.571. The largest absolute Gasteiger partial charge is 0.314 e. The second-order valence-electron chi connectivity index (χ2n) is 5.37. The minimum atomic E-state index is -0.157. The van der Waals surface area contributed by atoms with Crippen molar-refractivity contribution < 1.29 is 4.39 Å². The van der Waals surface area contributed by atoms with E-state index in [4.69, 9.17) is 11.6 Å². The van der Waals surface area contributed by atoms with Crippen LogP contribution >= 0.6 is 11.6 Å². The zero-order valence-electron chi connectivity index (χ0n) is 10.9. The first-order valence-corrected chi connectivity index (χ1v) is 7.21. The third-order valence-electron chi connectivity index (χ3n) is 4.01. The first-order valence-electron chi connectivity index (χ1n) is 6.83. The van der Waals surface area contributed by atoms with E-state index in [9.17, 15) is 4.39 Å². The van der Waals surface area contributed by atoms with Crippen LogP contribution in [-0.2, 0) is 6.54 Å². The van der Waals surface area contributed by atoms with Gasteiger partial charge in [-0.3, -0.25) is 9.80 Å². The van der Waals surface area contributed by atoms with Crippen molar-refractivity contribution in [2.75, 3.05) is 39.3 Å². The van der Waals surface area contributed by atoms with Crippen LogP contribution in [0.25, 0.3) is 0 Å². The fourth-order valence-electron chi connectivity index (χ4n) is 2.86. The van der Waals surface area contributed by atoms with Gasteiger partial charge in [-0.15, -0.1) is 0 Å². The van der Waals surface area contributed by atoms with E-state index in [0.717, 1.165) is 39.3 Å². The zero-order chi connectivity index (χ0) is 13.2. The molecule has 5 heteroatoms. The predicted octanol–water partition coefficient (Wildman–Crippen LogP) is 1.57. The Hall–Kier alpha value is -0.680. The van der Waals surface area contributed by atoms with Crippen LogP contribution in [0.15, 0.2) is 18.2 Å². The summed E-state index contributed by atoms with van der Waals surface area (Å²) in [6.07, 6.45) is 0. The van der Waals surface area contributed by atoms with Crippen LogP contribution in [0.4, 0.5) is 4.39 Å². The maximum atomic E-state index is 13.6. The molecular formula is C14H19ClFN3. The van der Waals surface area contributed by atoms with E-state index in [2.05, 4.69) is 15.1 Å². The van der Waals surface area contributed by atoms with Crippen LogP contribution in [0, 0.1) is 5.82 Å². The van der Waals surface area contributed by atoms with Crippen molar-refractivity contribution in [3.8, 4) is 0 Å². The molecule has 0 aromatic heterocycles. The maximum Gasteiger partial charge on any atom is 0.127 e. The molecule has 2 aliphatic rings. The molecule has 3 rings (SSSR count). The number of benzene rings is 1. The molecule has 1 aromatic rings. The molecule has 0 atom stereocenters. The molecule has 1 N–H and O–H groups in total. The molecule has 0 bridgehead atoms. The monoisotopic (exact) mass is 283 g/mol. The van der Waals surface area contributed by atoms with Crippen molar-refractivity contribution in [1.29, 1.82) is 0 Å². The minimum absolute atomic E-state index is 0.157. The Bertz CT molecular complexity index is 442. The van der Waals surface area contributed by atoms with Crippen LogP contribution in [-0.4, -0.2) is 55.1 Å². The molecule has 104 valence electrons. The van der Waals surface area contributed by atoms with Crippen LogP contribution in [0.2, 0.25) is 5.02 Å². The Morgan fingerprint density at radius 2 is 2.00 bits per heavy atom. The number of nitrogens with one attached hydrogen (secondary N) is 1. The standard InChI is InChI=1S/C14H19ClFN3/c15-12-1-2-14(16)11(7-12)8-18-9-13(10-18)19-5-3-17-4-6-19/h1-2,7,13,17H,3-6,8-10H2. The van der Waals surface area contributed by atoms with Crippen LogP contribution < -0.4 is 5.32 Å². The molecule has 19 heavy (non-hydrogen) atoms. The molecule has 0 saturated carbocycles. The molecular weight excluding hydrogens is 265 g/mol. The predicted molar refractivity (Wildman–Crippen MR) is 74.9 cm³/mol. The molecule has 0 amide bonds. The van der Waals surface area contributed by atoms with E-state index in [0.29, 0.717) is 23.2 Å². The van der Waals surface area contributed by atoms with Gasteiger partial charge < -0.3 is 5.32 Å². The molecule has 0 aliphatic carbocycles. The summed E-state index contributed by atoms with van der Waals surface area (Å²) in [5.74, 6) is -0.157. The highest BCUT2D eigenvalue weighted by Gasteiger charge is 2.32.